The first-order valence-electron chi connectivity index (χ1n) is 11.1. The van der Waals surface area contributed by atoms with Crippen molar-refractivity contribution in [2.24, 2.45) is 0 Å². The topological polar surface area (TPSA) is 78.3 Å². The number of nitrogens with zero attached hydrogens (tertiary/aromatic N) is 3. The van der Waals surface area contributed by atoms with Crippen molar-refractivity contribution in [3.63, 3.8) is 0 Å². The maximum absolute atomic E-state index is 13.0. The van der Waals surface area contributed by atoms with Gasteiger partial charge in [-0.1, -0.05) is 51.1 Å². The number of anilines is 1. The second kappa shape index (κ2) is 11.2. The number of hydrogen-bond acceptors (Lipinski definition) is 7. The van der Waals surface area contributed by atoms with E-state index in [4.69, 9.17) is 14.6 Å². The largest absolute Gasteiger partial charge is 0.494 e. The summed E-state index contributed by atoms with van der Waals surface area (Å²) in [5.74, 6) is 2.03. The number of allylic oxidation sites excluding steroid dienone is 1. The molecule has 0 saturated carbocycles. The highest BCUT2D eigenvalue weighted by atomic mass is 32.2. The predicted molar refractivity (Wildman–Crippen MR) is 124 cm³/mol. The van der Waals surface area contributed by atoms with Crippen LogP contribution in [-0.2, 0) is 9.53 Å². The van der Waals surface area contributed by atoms with Gasteiger partial charge in [0.1, 0.15) is 11.8 Å². The Morgan fingerprint density at radius 1 is 1.19 bits per heavy atom. The Hall–Kier alpha value is -2.48. The molecule has 1 aromatic heterocycles. The van der Waals surface area contributed by atoms with E-state index < -0.39 is 6.04 Å². The molecule has 1 unspecified atom stereocenters. The molecule has 3 rings (SSSR count). The van der Waals surface area contributed by atoms with Gasteiger partial charge in [-0.15, -0.1) is 5.10 Å². The fourth-order valence-corrected chi connectivity index (χ4v) is 4.25. The Morgan fingerprint density at radius 3 is 2.74 bits per heavy atom. The Bertz CT molecular complexity index is 925. The van der Waals surface area contributed by atoms with Gasteiger partial charge in [0.05, 0.1) is 18.8 Å². The molecule has 1 aliphatic rings. The number of carbonyl (C=O) groups excluding carboxylic acids is 1. The van der Waals surface area contributed by atoms with Gasteiger partial charge in [-0.05, 0) is 43.9 Å². The number of carbonyl (C=O) groups is 1. The number of thioether (sulfide) groups is 1. The molecule has 1 aromatic carbocycles. The highest BCUT2D eigenvalue weighted by Crippen LogP contribution is 2.37. The Balaban J connectivity index is 2.01. The fraction of sp³-hybridized carbons (Fsp3) is 0.522. The van der Waals surface area contributed by atoms with E-state index in [-0.39, 0.29) is 5.97 Å². The van der Waals surface area contributed by atoms with Gasteiger partial charge in [-0.3, -0.25) is 0 Å². The van der Waals surface area contributed by atoms with Crippen LogP contribution in [0.25, 0.3) is 0 Å². The molecule has 0 amide bonds. The van der Waals surface area contributed by atoms with Gasteiger partial charge in [0.15, 0.2) is 0 Å². The van der Waals surface area contributed by atoms with Gasteiger partial charge < -0.3 is 14.8 Å². The normalized spacial score (nSPS) is 15.4. The molecule has 0 spiro atoms. The third-order valence-electron chi connectivity index (χ3n) is 4.87. The molecule has 0 saturated heterocycles. The number of fused-ring (bicyclic) bond motifs is 1. The van der Waals surface area contributed by atoms with Gasteiger partial charge in [0, 0.05) is 11.4 Å². The van der Waals surface area contributed by atoms with E-state index in [9.17, 15) is 4.79 Å². The second-order valence-corrected chi connectivity index (χ2v) is 8.55. The van der Waals surface area contributed by atoms with Crippen molar-refractivity contribution in [3.8, 4) is 5.75 Å². The minimum Gasteiger partial charge on any atom is -0.494 e. The lowest BCUT2D eigenvalue weighted by Crippen LogP contribution is -2.29. The summed E-state index contributed by atoms with van der Waals surface area (Å²) in [5, 5.41) is 8.70. The van der Waals surface area contributed by atoms with Gasteiger partial charge in [-0.2, -0.15) is 4.98 Å². The zero-order valence-corrected chi connectivity index (χ0v) is 19.6. The molecule has 1 N–H and O–H groups in total. The van der Waals surface area contributed by atoms with Crippen LogP contribution in [0, 0.1) is 0 Å². The monoisotopic (exact) mass is 444 g/mol. The van der Waals surface area contributed by atoms with Crippen molar-refractivity contribution >= 4 is 23.7 Å². The maximum Gasteiger partial charge on any atom is 0.338 e. The molecular formula is C23H32N4O3S. The van der Waals surface area contributed by atoms with E-state index in [1.807, 2.05) is 38.1 Å². The smallest absolute Gasteiger partial charge is 0.338 e. The highest BCUT2D eigenvalue weighted by molar-refractivity contribution is 7.99. The summed E-state index contributed by atoms with van der Waals surface area (Å²) in [7, 11) is 0. The van der Waals surface area contributed by atoms with Gasteiger partial charge >= 0.3 is 5.97 Å². The van der Waals surface area contributed by atoms with Crippen LogP contribution in [0.5, 0.6) is 5.75 Å². The third kappa shape index (κ3) is 5.61. The number of benzene rings is 1. The number of hydrogen-bond donors (Lipinski definition) is 1. The van der Waals surface area contributed by atoms with Crippen LogP contribution in [0.3, 0.4) is 0 Å². The van der Waals surface area contributed by atoms with Crippen LogP contribution in [0.15, 0.2) is 40.7 Å². The van der Waals surface area contributed by atoms with Crippen LogP contribution in [0.4, 0.5) is 5.95 Å². The van der Waals surface area contributed by atoms with Crippen LogP contribution in [0.2, 0.25) is 0 Å². The van der Waals surface area contributed by atoms with Crippen molar-refractivity contribution in [2.45, 2.75) is 64.6 Å². The van der Waals surface area contributed by atoms with Gasteiger partial charge in [-0.25, -0.2) is 9.48 Å². The first kappa shape index (κ1) is 23.2. The minimum atomic E-state index is -0.432. The van der Waals surface area contributed by atoms with Crippen LogP contribution >= 0.6 is 11.8 Å². The summed E-state index contributed by atoms with van der Waals surface area (Å²) in [6.07, 6.45) is 3.92. The number of unbranched alkanes of at least 4 members (excludes halogenated alkanes) is 1. The number of nitrogens with one attached hydrogen (secondary N) is 1. The van der Waals surface area contributed by atoms with Crippen LogP contribution in [0.1, 0.15) is 65.0 Å². The SMILES string of the molecule is CCCCSc1nc2n(n1)C(c1cccc(OCCC)c1)C(C(=O)OCCC)=C(C)N2. The molecule has 8 heteroatoms. The zero-order chi connectivity index (χ0) is 22.2. The summed E-state index contributed by atoms with van der Waals surface area (Å²) in [6.45, 7) is 9.12. The Kier molecular flexibility index (Phi) is 8.40. The van der Waals surface area contributed by atoms with Crippen LogP contribution in [-0.4, -0.2) is 39.7 Å². The lowest BCUT2D eigenvalue weighted by atomic mass is 9.95. The number of rotatable bonds is 11. The van der Waals surface area contributed by atoms with Crippen molar-refractivity contribution in [2.75, 3.05) is 24.3 Å². The van der Waals surface area contributed by atoms with Crippen molar-refractivity contribution in [1.29, 1.82) is 0 Å². The highest BCUT2D eigenvalue weighted by Gasteiger charge is 2.35. The van der Waals surface area contributed by atoms with E-state index in [1.54, 1.807) is 16.4 Å². The minimum absolute atomic E-state index is 0.335. The molecule has 7 nitrogen and oxygen atoms in total. The first-order chi connectivity index (χ1) is 15.1. The summed E-state index contributed by atoms with van der Waals surface area (Å²) in [6, 6.07) is 7.41. The molecule has 168 valence electrons. The zero-order valence-electron chi connectivity index (χ0n) is 18.8. The molecule has 31 heavy (non-hydrogen) atoms. The Labute approximate surface area is 188 Å². The molecule has 0 aliphatic carbocycles. The van der Waals surface area contributed by atoms with Crippen LogP contribution < -0.4 is 10.1 Å². The summed E-state index contributed by atoms with van der Waals surface area (Å²) >= 11 is 1.63. The Morgan fingerprint density at radius 2 is 2.00 bits per heavy atom. The standard InChI is InChI=1S/C23H32N4O3S/c1-5-8-14-31-23-25-22-24-16(4)19(21(28)30-13-7-3)20(27(22)26-23)17-10-9-11-18(15-17)29-12-6-2/h9-11,15,20H,5-8,12-14H2,1-4H3,(H,24,25,26). The van der Waals surface area contributed by atoms with E-state index >= 15 is 0 Å². The molecule has 0 bridgehead atoms. The number of ether oxygens (including phenoxy) is 2. The average molecular weight is 445 g/mol. The fourth-order valence-electron chi connectivity index (χ4n) is 3.34. The van der Waals surface area contributed by atoms with Crippen molar-refractivity contribution in [3.05, 3.63) is 41.1 Å². The quantitative estimate of drug-likeness (QED) is 0.290. The molecule has 2 heterocycles. The lowest BCUT2D eigenvalue weighted by Gasteiger charge is -2.28. The number of aromatic nitrogens is 3. The van der Waals surface area contributed by atoms with Gasteiger partial charge in [0.2, 0.25) is 11.1 Å². The molecule has 1 atom stereocenters. The molecule has 1 aliphatic heterocycles. The van der Waals surface area contributed by atoms with Crippen molar-refractivity contribution < 1.29 is 14.3 Å². The van der Waals surface area contributed by atoms with E-state index in [0.717, 1.165) is 48.4 Å². The maximum atomic E-state index is 13.0. The first-order valence-corrected chi connectivity index (χ1v) is 12.0. The van der Waals surface area contributed by atoms with E-state index in [0.29, 0.717) is 29.9 Å². The summed E-state index contributed by atoms with van der Waals surface area (Å²) in [5.41, 5.74) is 2.19. The summed E-state index contributed by atoms with van der Waals surface area (Å²) < 4.78 is 13.1. The molecular weight excluding hydrogens is 412 g/mol. The molecule has 2 aromatic rings. The molecule has 0 radical (unpaired) electrons. The predicted octanol–water partition coefficient (Wildman–Crippen LogP) is 5.20. The third-order valence-corrected chi connectivity index (χ3v) is 5.79. The molecule has 0 fully saturated rings. The van der Waals surface area contributed by atoms with E-state index in [1.165, 1.54) is 0 Å². The van der Waals surface area contributed by atoms with E-state index in [2.05, 4.69) is 24.1 Å². The summed E-state index contributed by atoms with van der Waals surface area (Å²) in [4.78, 5) is 17.7. The van der Waals surface area contributed by atoms with Crippen molar-refractivity contribution in [1.82, 2.24) is 14.8 Å². The lowest BCUT2D eigenvalue weighted by molar-refractivity contribution is -0.139. The second-order valence-electron chi connectivity index (χ2n) is 7.49. The number of esters is 1. The average Bonchev–Trinajstić information content (AvgIpc) is 3.17. The van der Waals surface area contributed by atoms with Gasteiger partial charge in [0.25, 0.3) is 0 Å².